The average Bonchev–Trinajstić information content (AvgIpc) is 2.67. The first kappa shape index (κ1) is 7.31. The van der Waals surface area contributed by atoms with Crippen molar-refractivity contribution in [1.29, 1.82) is 0 Å². The minimum absolute atomic E-state index is 0.242. The number of hydrogen-bond donors (Lipinski definition) is 0. The fourth-order valence-electron chi connectivity index (χ4n) is 3.51. The predicted molar refractivity (Wildman–Crippen MR) is 45.8 cm³/mol. The third-order valence-corrected chi connectivity index (χ3v) is 4.59. The molecule has 0 aromatic rings. The second-order valence-electron chi connectivity index (χ2n) is 5.05. The largest absolute Gasteiger partial charge is 0.294 e. The van der Waals surface area contributed by atoms with Gasteiger partial charge in [0.1, 0.15) is 6.17 Å². The summed E-state index contributed by atoms with van der Waals surface area (Å²) in [5.41, 5.74) is 0.792. The van der Waals surface area contributed by atoms with Crippen LogP contribution < -0.4 is 0 Å². The summed E-state index contributed by atoms with van der Waals surface area (Å²) in [6.45, 7) is 4.14. The average molecular weight is 169 g/mol. The van der Waals surface area contributed by atoms with Gasteiger partial charge >= 0.3 is 0 Å². The quantitative estimate of drug-likeness (QED) is 0.536. The summed E-state index contributed by atoms with van der Waals surface area (Å²) in [6.07, 6.45) is 4.29. The highest BCUT2D eigenvalue weighted by molar-refractivity contribution is 5.19. The van der Waals surface area contributed by atoms with Crippen LogP contribution in [0, 0.1) is 5.41 Å². The van der Waals surface area contributed by atoms with Crippen LogP contribution in [0.3, 0.4) is 0 Å². The fourth-order valence-corrected chi connectivity index (χ4v) is 3.51. The lowest BCUT2D eigenvalue weighted by Crippen LogP contribution is -2.40. The van der Waals surface area contributed by atoms with Crippen LogP contribution >= 0.6 is 0 Å². The molecule has 2 heterocycles. The van der Waals surface area contributed by atoms with Gasteiger partial charge in [0, 0.05) is 12.1 Å². The molecule has 68 valence electrons. The van der Waals surface area contributed by atoms with Crippen LogP contribution in [-0.2, 0) is 0 Å². The van der Waals surface area contributed by atoms with Gasteiger partial charge in [-0.15, -0.1) is 0 Å². The van der Waals surface area contributed by atoms with E-state index in [4.69, 9.17) is 0 Å². The van der Waals surface area contributed by atoms with Crippen molar-refractivity contribution in [3.63, 3.8) is 0 Å². The summed E-state index contributed by atoms with van der Waals surface area (Å²) in [4.78, 5) is 2.39. The van der Waals surface area contributed by atoms with Crippen molar-refractivity contribution in [1.82, 2.24) is 4.90 Å². The van der Waals surface area contributed by atoms with Crippen LogP contribution in [0.25, 0.3) is 0 Å². The zero-order chi connectivity index (χ0) is 8.40. The Morgan fingerprint density at radius 1 is 1.33 bits per heavy atom. The van der Waals surface area contributed by atoms with E-state index >= 15 is 0 Å². The Balaban J connectivity index is 1.96. The first-order valence-electron chi connectivity index (χ1n) is 5.05. The normalized spacial score (nSPS) is 50.0. The minimum Gasteiger partial charge on any atom is -0.294 e. The molecule has 2 atom stereocenters. The van der Waals surface area contributed by atoms with E-state index in [0.29, 0.717) is 12.0 Å². The van der Waals surface area contributed by atoms with Crippen molar-refractivity contribution in [3.05, 3.63) is 0 Å². The Kier molecular flexibility index (Phi) is 1.14. The van der Waals surface area contributed by atoms with Gasteiger partial charge in [-0.2, -0.15) is 0 Å². The van der Waals surface area contributed by atoms with Gasteiger partial charge in [0.05, 0.1) is 0 Å². The Morgan fingerprint density at radius 2 is 2.08 bits per heavy atom. The molecule has 1 spiro atoms. The van der Waals surface area contributed by atoms with E-state index in [0.717, 1.165) is 13.0 Å². The Morgan fingerprint density at radius 3 is 2.75 bits per heavy atom. The summed E-state index contributed by atoms with van der Waals surface area (Å²) in [6, 6.07) is 0. The van der Waals surface area contributed by atoms with Gasteiger partial charge in [0.15, 0.2) is 0 Å². The summed E-state index contributed by atoms with van der Waals surface area (Å²) in [5, 5.41) is 0. The van der Waals surface area contributed by atoms with Crippen LogP contribution in [0.4, 0.5) is 4.39 Å². The summed E-state index contributed by atoms with van der Waals surface area (Å²) >= 11 is 0. The molecule has 0 amide bonds. The van der Waals surface area contributed by atoms with Crippen molar-refractivity contribution in [2.75, 3.05) is 13.1 Å². The lowest BCUT2D eigenvalue weighted by molar-refractivity contribution is 0.159. The van der Waals surface area contributed by atoms with Gasteiger partial charge in [-0.25, -0.2) is 4.39 Å². The molecule has 0 aromatic carbocycles. The number of alkyl halides is 1. The molecule has 0 N–H and O–H groups in total. The van der Waals surface area contributed by atoms with Crippen LogP contribution in [0.1, 0.15) is 32.6 Å². The molecule has 2 saturated heterocycles. The highest BCUT2D eigenvalue weighted by atomic mass is 19.1. The van der Waals surface area contributed by atoms with Gasteiger partial charge in [0.25, 0.3) is 0 Å². The number of nitrogens with zero attached hydrogens (tertiary/aromatic N) is 1. The molecule has 3 rings (SSSR count). The molecule has 12 heavy (non-hydrogen) atoms. The molecule has 0 aromatic heterocycles. The number of fused-ring (bicyclic) bond motifs is 2. The second kappa shape index (κ2) is 1.87. The molecular formula is C10H16FN. The maximum atomic E-state index is 13.2. The molecule has 3 fully saturated rings. The zero-order valence-corrected chi connectivity index (χ0v) is 7.65. The third-order valence-electron chi connectivity index (χ3n) is 4.59. The van der Waals surface area contributed by atoms with E-state index in [9.17, 15) is 4.39 Å². The topological polar surface area (TPSA) is 3.24 Å². The van der Waals surface area contributed by atoms with Gasteiger partial charge in [0.2, 0.25) is 0 Å². The van der Waals surface area contributed by atoms with Gasteiger partial charge in [-0.1, -0.05) is 0 Å². The smallest absolute Gasteiger partial charge is 0.115 e. The Labute approximate surface area is 72.9 Å². The SMILES string of the molecule is C[C@]12C[C@@H](F)CN1CCC21CC1. The van der Waals surface area contributed by atoms with Crippen molar-refractivity contribution in [2.24, 2.45) is 5.41 Å². The van der Waals surface area contributed by atoms with Crippen molar-refractivity contribution >= 4 is 0 Å². The number of rotatable bonds is 0. The predicted octanol–water partition coefficient (Wildman–Crippen LogP) is 1.97. The van der Waals surface area contributed by atoms with E-state index in [1.54, 1.807) is 0 Å². The van der Waals surface area contributed by atoms with E-state index in [1.807, 2.05) is 0 Å². The zero-order valence-electron chi connectivity index (χ0n) is 7.65. The molecule has 2 aliphatic heterocycles. The maximum Gasteiger partial charge on any atom is 0.115 e. The van der Waals surface area contributed by atoms with Gasteiger partial charge in [-0.3, -0.25) is 4.90 Å². The van der Waals surface area contributed by atoms with Crippen molar-refractivity contribution in [3.8, 4) is 0 Å². The first-order chi connectivity index (χ1) is 5.66. The van der Waals surface area contributed by atoms with E-state index in [1.165, 1.54) is 19.3 Å². The van der Waals surface area contributed by atoms with Gasteiger partial charge < -0.3 is 0 Å². The summed E-state index contributed by atoms with van der Waals surface area (Å²) < 4.78 is 13.2. The second-order valence-corrected chi connectivity index (χ2v) is 5.05. The molecule has 1 saturated carbocycles. The van der Waals surface area contributed by atoms with E-state index in [-0.39, 0.29) is 5.54 Å². The number of hydrogen-bond acceptors (Lipinski definition) is 1. The standard InChI is InChI=1S/C10H16FN/c1-9-6-8(11)7-12(9)5-4-10(9)2-3-10/h8H,2-7H2,1H3/t8-,9-/m1/s1. The molecule has 0 unspecified atom stereocenters. The van der Waals surface area contributed by atoms with Crippen LogP contribution in [0.15, 0.2) is 0 Å². The van der Waals surface area contributed by atoms with Crippen molar-refractivity contribution in [2.45, 2.75) is 44.3 Å². The monoisotopic (exact) mass is 169 g/mol. The summed E-state index contributed by atoms with van der Waals surface area (Å²) in [7, 11) is 0. The molecule has 1 nitrogen and oxygen atoms in total. The van der Waals surface area contributed by atoms with Crippen molar-refractivity contribution < 1.29 is 4.39 Å². The minimum atomic E-state index is -0.548. The lowest BCUT2D eigenvalue weighted by Gasteiger charge is -2.33. The molecule has 2 heteroatoms. The van der Waals surface area contributed by atoms with Crippen LogP contribution in [0.2, 0.25) is 0 Å². The molecule has 3 aliphatic rings. The fraction of sp³-hybridized carbons (Fsp3) is 1.00. The van der Waals surface area contributed by atoms with Crippen LogP contribution in [-0.4, -0.2) is 29.7 Å². The van der Waals surface area contributed by atoms with E-state index in [2.05, 4.69) is 11.8 Å². The first-order valence-corrected chi connectivity index (χ1v) is 5.05. The Bertz CT molecular complexity index is 224. The lowest BCUT2D eigenvalue weighted by atomic mass is 9.82. The highest BCUT2D eigenvalue weighted by Gasteiger charge is 2.65. The molecular weight excluding hydrogens is 153 g/mol. The molecule has 0 radical (unpaired) electrons. The Hall–Kier alpha value is -0.110. The summed E-state index contributed by atoms with van der Waals surface area (Å²) in [5.74, 6) is 0. The highest BCUT2D eigenvalue weighted by Crippen LogP contribution is 2.65. The van der Waals surface area contributed by atoms with Gasteiger partial charge in [-0.05, 0) is 44.6 Å². The number of halogens is 1. The third kappa shape index (κ3) is 0.642. The molecule has 0 bridgehead atoms. The van der Waals surface area contributed by atoms with E-state index < -0.39 is 6.17 Å². The maximum absolute atomic E-state index is 13.2. The van der Waals surface area contributed by atoms with Crippen LogP contribution in [0.5, 0.6) is 0 Å². The molecule has 1 aliphatic carbocycles.